The molecule has 0 aliphatic rings. The van der Waals surface area contributed by atoms with Crippen LogP contribution in [0.1, 0.15) is 0 Å². The molecule has 2 aromatic rings. The van der Waals surface area contributed by atoms with E-state index in [1.54, 1.807) is 14.2 Å². The Morgan fingerprint density at radius 3 is 1.40 bits per heavy atom. The Morgan fingerprint density at radius 1 is 0.700 bits per heavy atom. The molecule has 0 radical (unpaired) electrons. The number of hydrogen-bond acceptors (Lipinski definition) is 2. The normalized spacial score (nSPS) is 11.6. The van der Waals surface area contributed by atoms with Crippen LogP contribution in [0.3, 0.4) is 0 Å². The van der Waals surface area contributed by atoms with E-state index in [0.29, 0.717) is 17.2 Å². The fraction of sp³-hybridized carbons (Fsp3) is 0.250. The van der Waals surface area contributed by atoms with Crippen LogP contribution in [0, 0.1) is 0 Å². The standard InChI is InChI=1S/C16H20O2P2/c1-17-11-7-5-9-13(19-3)15(11)16-12(18-2)8-6-10-14(16)20-4/h5-10,19-20H,1-4H3. The summed E-state index contributed by atoms with van der Waals surface area (Å²) in [5.41, 5.74) is 2.36. The molecule has 0 aliphatic carbocycles. The average Bonchev–Trinajstić information content (AvgIpc) is 2.52. The van der Waals surface area contributed by atoms with Gasteiger partial charge in [-0.1, -0.05) is 41.4 Å². The first-order valence-electron chi connectivity index (χ1n) is 6.46. The zero-order chi connectivity index (χ0) is 14.5. The summed E-state index contributed by atoms with van der Waals surface area (Å²) in [6.45, 7) is 4.39. The van der Waals surface area contributed by atoms with Crippen LogP contribution < -0.4 is 20.1 Å². The minimum absolute atomic E-state index is 0.717. The van der Waals surface area contributed by atoms with Gasteiger partial charge in [-0.2, -0.15) is 0 Å². The van der Waals surface area contributed by atoms with E-state index in [0.717, 1.165) is 11.5 Å². The first-order chi connectivity index (χ1) is 9.76. The van der Waals surface area contributed by atoms with Gasteiger partial charge in [0.15, 0.2) is 0 Å². The van der Waals surface area contributed by atoms with Gasteiger partial charge >= 0.3 is 0 Å². The number of rotatable bonds is 5. The summed E-state index contributed by atoms with van der Waals surface area (Å²) in [5.74, 6) is 1.83. The molecule has 106 valence electrons. The maximum absolute atomic E-state index is 5.59. The molecule has 20 heavy (non-hydrogen) atoms. The molecule has 2 aromatic carbocycles. The summed E-state index contributed by atoms with van der Waals surface area (Å²) in [6.07, 6.45) is 0. The number of methoxy groups -OCH3 is 2. The molecule has 0 amide bonds. The number of benzene rings is 2. The summed E-state index contributed by atoms with van der Waals surface area (Å²) < 4.78 is 11.2. The first-order valence-corrected chi connectivity index (χ1v) is 9.46. The fourth-order valence-corrected chi connectivity index (χ4v) is 3.86. The molecule has 0 fully saturated rings. The average molecular weight is 306 g/mol. The van der Waals surface area contributed by atoms with Gasteiger partial charge in [0.2, 0.25) is 0 Å². The molecular formula is C16H20O2P2. The molecule has 2 nitrogen and oxygen atoms in total. The van der Waals surface area contributed by atoms with Crippen molar-refractivity contribution in [1.29, 1.82) is 0 Å². The second kappa shape index (κ2) is 7.07. The van der Waals surface area contributed by atoms with E-state index >= 15 is 0 Å². The monoisotopic (exact) mass is 306 g/mol. The van der Waals surface area contributed by atoms with Crippen LogP contribution in [0.2, 0.25) is 0 Å². The lowest BCUT2D eigenvalue weighted by Gasteiger charge is -2.18. The smallest absolute Gasteiger partial charge is 0.127 e. The fourth-order valence-electron chi connectivity index (χ4n) is 2.33. The Kier molecular flexibility index (Phi) is 5.40. The van der Waals surface area contributed by atoms with Crippen molar-refractivity contribution in [2.45, 2.75) is 0 Å². The van der Waals surface area contributed by atoms with E-state index in [4.69, 9.17) is 9.47 Å². The molecule has 0 bridgehead atoms. The van der Waals surface area contributed by atoms with E-state index in [9.17, 15) is 0 Å². The number of hydrogen-bond donors (Lipinski definition) is 0. The highest BCUT2D eigenvalue weighted by Gasteiger charge is 2.17. The molecular weight excluding hydrogens is 286 g/mol. The highest BCUT2D eigenvalue weighted by molar-refractivity contribution is 7.47. The Balaban J connectivity index is 2.79. The van der Waals surface area contributed by atoms with Crippen LogP contribution in [-0.4, -0.2) is 27.5 Å². The first kappa shape index (κ1) is 15.3. The lowest BCUT2D eigenvalue weighted by Crippen LogP contribution is -2.10. The van der Waals surface area contributed by atoms with Crippen molar-refractivity contribution in [2.75, 3.05) is 27.5 Å². The summed E-state index contributed by atoms with van der Waals surface area (Å²) in [5, 5.41) is 2.63. The van der Waals surface area contributed by atoms with Gasteiger partial charge in [0.05, 0.1) is 14.2 Å². The zero-order valence-corrected chi connectivity index (χ0v) is 14.3. The van der Waals surface area contributed by atoms with Crippen molar-refractivity contribution in [3.63, 3.8) is 0 Å². The summed E-state index contributed by atoms with van der Waals surface area (Å²) in [4.78, 5) is 0. The number of ether oxygens (including phenoxy) is 2. The molecule has 0 aliphatic heterocycles. The summed E-state index contributed by atoms with van der Waals surface area (Å²) in [7, 11) is 4.89. The van der Waals surface area contributed by atoms with Gasteiger partial charge in [-0.3, -0.25) is 0 Å². The second-order valence-corrected chi connectivity index (χ2v) is 6.34. The molecule has 4 heteroatoms. The van der Waals surface area contributed by atoms with Gasteiger partial charge in [-0.25, -0.2) is 0 Å². The predicted octanol–water partition coefficient (Wildman–Crippen LogP) is 3.24. The molecule has 0 aromatic heterocycles. The topological polar surface area (TPSA) is 18.5 Å². The SMILES string of the molecule is COc1cccc(PC)c1-c1c(OC)cccc1PC. The summed E-state index contributed by atoms with van der Waals surface area (Å²) >= 11 is 0. The minimum atomic E-state index is 0.717. The Hall–Kier alpha value is -1.10. The minimum Gasteiger partial charge on any atom is -0.496 e. The van der Waals surface area contributed by atoms with Gasteiger partial charge in [-0.15, -0.1) is 0 Å². The van der Waals surface area contributed by atoms with E-state index in [2.05, 4.69) is 37.6 Å². The van der Waals surface area contributed by atoms with E-state index in [1.807, 2.05) is 12.1 Å². The largest absolute Gasteiger partial charge is 0.496 e. The third-order valence-electron chi connectivity index (χ3n) is 3.28. The zero-order valence-electron chi connectivity index (χ0n) is 12.3. The third-order valence-corrected chi connectivity index (χ3v) is 5.19. The lowest BCUT2D eigenvalue weighted by atomic mass is 10.0. The highest BCUT2D eigenvalue weighted by Crippen LogP contribution is 2.37. The molecule has 0 N–H and O–H groups in total. The van der Waals surface area contributed by atoms with Gasteiger partial charge in [0.1, 0.15) is 11.5 Å². The molecule has 0 saturated carbocycles. The van der Waals surface area contributed by atoms with Crippen molar-refractivity contribution in [3.05, 3.63) is 36.4 Å². The van der Waals surface area contributed by atoms with Crippen molar-refractivity contribution >= 4 is 27.8 Å². The van der Waals surface area contributed by atoms with Crippen LogP contribution in [0.25, 0.3) is 11.1 Å². The van der Waals surface area contributed by atoms with E-state index < -0.39 is 0 Å². The van der Waals surface area contributed by atoms with Crippen molar-refractivity contribution in [1.82, 2.24) is 0 Å². The lowest BCUT2D eigenvalue weighted by molar-refractivity contribution is 0.411. The highest BCUT2D eigenvalue weighted by atomic mass is 31.1. The molecule has 2 atom stereocenters. The van der Waals surface area contributed by atoms with Crippen molar-refractivity contribution in [3.8, 4) is 22.6 Å². The van der Waals surface area contributed by atoms with Crippen molar-refractivity contribution < 1.29 is 9.47 Å². The Labute approximate surface area is 124 Å². The molecule has 2 unspecified atom stereocenters. The van der Waals surface area contributed by atoms with Gasteiger partial charge in [0, 0.05) is 11.1 Å². The van der Waals surface area contributed by atoms with Crippen LogP contribution in [0.4, 0.5) is 0 Å². The van der Waals surface area contributed by atoms with Gasteiger partial charge < -0.3 is 9.47 Å². The maximum atomic E-state index is 5.59. The molecule has 0 saturated heterocycles. The Morgan fingerprint density at radius 2 is 1.10 bits per heavy atom. The predicted molar refractivity (Wildman–Crippen MR) is 92.7 cm³/mol. The van der Waals surface area contributed by atoms with Crippen LogP contribution in [-0.2, 0) is 0 Å². The summed E-state index contributed by atoms with van der Waals surface area (Å²) in [6, 6.07) is 12.5. The van der Waals surface area contributed by atoms with Gasteiger partial charge in [0.25, 0.3) is 0 Å². The Bertz CT molecular complexity index is 499. The quantitative estimate of drug-likeness (QED) is 0.790. The second-order valence-electron chi connectivity index (χ2n) is 4.27. The maximum Gasteiger partial charge on any atom is 0.127 e. The van der Waals surface area contributed by atoms with Crippen LogP contribution >= 0.6 is 17.2 Å². The van der Waals surface area contributed by atoms with Gasteiger partial charge in [-0.05, 0) is 36.1 Å². The van der Waals surface area contributed by atoms with E-state index in [-0.39, 0.29) is 0 Å². The van der Waals surface area contributed by atoms with Crippen LogP contribution in [0.5, 0.6) is 11.5 Å². The third kappa shape index (κ3) is 2.82. The van der Waals surface area contributed by atoms with Crippen LogP contribution in [0.15, 0.2) is 36.4 Å². The molecule has 0 heterocycles. The molecule has 0 spiro atoms. The van der Waals surface area contributed by atoms with Crippen molar-refractivity contribution in [2.24, 2.45) is 0 Å². The molecule has 2 rings (SSSR count). The van der Waals surface area contributed by atoms with E-state index in [1.165, 1.54) is 21.7 Å².